The van der Waals surface area contributed by atoms with Gasteiger partial charge >= 0.3 is 12.0 Å². The van der Waals surface area contributed by atoms with Crippen LogP contribution in [0.15, 0.2) is 0 Å². The molecule has 0 radical (unpaired) electrons. The van der Waals surface area contributed by atoms with E-state index in [0.717, 1.165) is 19.3 Å². The van der Waals surface area contributed by atoms with Gasteiger partial charge in [0.25, 0.3) is 5.91 Å². The number of carbonyl (C=O) groups excluding carboxylic acids is 3. The van der Waals surface area contributed by atoms with Crippen molar-refractivity contribution in [3.05, 3.63) is 0 Å². The van der Waals surface area contributed by atoms with E-state index < -0.39 is 11.9 Å². The summed E-state index contributed by atoms with van der Waals surface area (Å²) in [6, 6.07) is -0.542. The molecule has 3 amide bonds. The van der Waals surface area contributed by atoms with Gasteiger partial charge in [-0.15, -0.1) is 0 Å². The van der Waals surface area contributed by atoms with Crippen LogP contribution in [-0.2, 0) is 14.3 Å². The summed E-state index contributed by atoms with van der Waals surface area (Å²) in [5, 5.41) is 4.80. The molecule has 4 aliphatic rings. The van der Waals surface area contributed by atoms with Gasteiger partial charge in [-0.25, -0.2) is 4.79 Å². The Balaban J connectivity index is 1.46. The Bertz CT molecular complexity index is 494. The Morgan fingerprint density at radius 2 is 1.58 bits per heavy atom. The largest absolute Gasteiger partial charge is 0.455 e. The van der Waals surface area contributed by atoms with Crippen LogP contribution in [-0.4, -0.2) is 31.1 Å². The number of carbonyl (C=O) groups is 3. The molecular weight excluding hydrogens is 308 g/mol. The van der Waals surface area contributed by atoms with E-state index in [0.29, 0.717) is 30.2 Å². The molecule has 0 heterocycles. The second-order valence-electron chi connectivity index (χ2n) is 8.43. The first kappa shape index (κ1) is 17.2. The molecule has 6 heteroatoms. The first-order valence-corrected chi connectivity index (χ1v) is 9.11. The van der Waals surface area contributed by atoms with Crippen LogP contribution in [0, 0.1) is 29.1 Å². The molecule has 24 heavy (non-hydrogen) atoms. The quantitative estimate of drug-likeness (QED) is 0.754. The SMILES string of the molecule is CC(C)CNC(=O)NC(=O)COC(=O)C12CC3CC(CC(C3)C1)C2. The monoisotopic (exact) mass is 336 g/mol. The maximum Gasteiger partial charge on any atom is 0.321 e. The van der Waals surface area contributed by atoms with Crippen LogP contribution in [0.2, 0.25) is 0 Å². The summed E-state index contributed by atoms with van der Waals surface area (Å²) in [5.41, 5.74) is -0.366. The summed E-state index contributed by atoms with van der Waals surface area (Å²) in [7, 11) is 0. The van der Waals surface area contributed by atoms with E-state index in [-0.39, 0.29) is 18.0 Å². The first-order chi connectivity index (χ1) is 11.4. The highest BCUT2D eigenvalue weighted by Gasteiger charge is 2.55. The van der Waals surface area contributed by atoms with Crippen LogP contribution < -0.4 is 10.6 Å². The summed E-state index contributed by atoms with van der Waals surface area (Å²) in [4.78, 5) is 35.9. The summed E-state index contributed by atoms with van der Waals surface area (Å²) in [6.45, 7) is 4.05. The van der Waals surface area contributed by atoms with Gasteiger partial charge < -0.3 is 10.1 Å². The zero-order valence-corrected chi connectivity index (χ0v) is 14.6. The zero-order valence-electron chi connectivity index (χ0n) is 14.6. The molecule has 6 nitrogen and oxygen atoms in total. The zero-order chi connectivity index (χ0) is 17.3. The van der Waals surface area contributed by atoms with Crippen molar-refractivity contribution in [2.45, 2.75) is 52.4 Å². The second kappa shape index (κ2) is 6.73. The van der Waals surface area contributed by atoms with Crippen LogP contribution >= 0.6 is 0 Å². The van der Waals surface area contributed by atoms with E-state index in [1.54, 1.807) is 0 Å². The lowest BCUT2D eigenvalue weighted by Crippen LogP contribution is -2.51. The van der Waals surface area contributed by atoms with Gasteiger partial charge in [0, 0.05) is 6.54 Å². The number of hydrogen-bond acceptors (Lipinski definition) is 4. The predicted molar refractivity (Wildman–Crippen MR) is 87.9 cm³/mol. The van der Waals surface area contributed by atoms with Crippen LogP contribution in [0.4, 0.5) is 4.79 Å². The fraction of sp³-hybridized carbons (Fsp3) is 0.833. The topological polar surface area (TPSA) is 84.5 Å². The lowest BCUT2D eigenvalue weighted by molar-refractivity contribution is -0.173. The van der Waals surface area contributed by atoms with Crippen molar-refractivity contribution in [1.29, 1.82) is 0 Å². The molecule has 4 saturated carbocycles. The Kier molecular flexibility index (Phi) is 4.83. The van der Waals surface area contributed by atoms with Gasteiger partial charge in [0.1, 0.15) is 0 Å². The fourth-order valence-electron chi connectivity index (χ4n) is 5.15. The van der Waals surface area contributed by atoms with Crippen LogP contribution in [0.5, 0.6) is 0 Å². The highest BCUT2D eigenvalue weighted by atomic mass is 16.5. The minimum Gasteiger partial charge on any atom is -0.455 e. The van der Waals surface area contributed by atoms with E-state index in [1.807, 2.05) is 13.8 Å². The van der Waals surface area contributed by atoms with Crippen molar-refractivity contribution in [1.82, 2.24) is 10.6 Å². The predicted octanol–water partition coefficient (Wildman–Crippen LogP) is 2.23. The van der Waals surface area contributed by atoms with E-state index >= 15 is 0 Å². The molecule has 0 aromatic rings. The van der Waals surface area contributed by atoms with Crippen molar-refractivity contribution in [2.24, 2.45) is 29.1 Å². The number of urea groups is 1. The second-order valence-corrected chi connectivity index (χ2v) is 8.43. The normalized spacial score (nSPS) is 33.4. The summed E-state index contributed by atoms with van der Waals surface area (Å²) in [5.74, 6) is 1.45. The molecule has 0 saturated heterocycles. The molecule has 0 aromatic heterocycles. The highest BCUT2D eigenvalue weighted by molar-refractivity contribution is 5.95. The maximum absolute atomic E-state index is 12.6. The van der Waals surface area contributed by atoms with Crippen molar-refractivity contribution in [3.8, 4) is 0 Å². The fourth-order valence-corrected chi connectivity index (χ4v) is 5.15. The van der Waals surface area contributed by atoms with E-state index in [9.17, 15) is 14.4 Å². The molecule has 4 fully saturated rings. The molecular formula is C18H28N2O4. The van der Waals surface area contributed by atoms with Gasteiger partial charge in [0.15, 0.2) is 6.61 Å². The highest BCUT2D eigenvalue weighted by Crippen LogP contribution is 2.60. The minimum atomic E-state index is -0.575. The molecule has 0 aliphatic heterocycles. The van der Waals surface area contributed by atoms with Gasteiger partial charge in [-0.05, 0) is 62.2 Å². The Morgan fingerprint density at radius 1 is 1.04 bits per heavy atom. The lowest BCUT2D eigenvalue weighted by Gasteiger charge is -2.55. The molecule has 4 rings (SSSR count). The third-order valence-electron chi connectivity index (χ3n) is 5.73. The first-order valence-electron chi connectivity index (χ1n) is 9.11. The number of imide groups is 1. The van der Waals surface area contributed by atoms with E-state index in [4.69, 9.17) is 4.74 Å². The molecule has 0 spiro atoms. The molecule has 134 valence electrons. The summed E-state index contributed by atoms with van der Waals surface area (Å²) < 4.78 is 5.28. The minimum absolute atomic E-state index is 0.237. The number of hydrogen-bond donors (Lipinski definition) is 2. The third kappa shape index (κ3) is 3.73. The van der Waals surface area contributed by atoms with Crippen molar-refractivity contribution >= 4 is 17.9 Å². The van der Waals surface area contributed by atoms with Crippen LogP contribution in [0.25, 0.3) is 0 Å². The smallest absolute Gasteiger partial charge is 0.321 e. The van der Waals surface area contributed by atoms with Gasteiger partial charge in [-0.3, -0.25) is 14.9 Å². The molecule has 4 bridgehead atoms. The van der Waals surface area contributed by atoms with Crippen LogP contribution in [0.1, 0.15) is 52.4 Å². The Labute approximate surface area is 143 Å². The number of ether oxygens (including phenoxy) is 1. The molecule has 2 N–H and O–H groups in total. The maximum atomic E-state index is 12.6. The third-order valence-corrected chi connectivity index (χ3v) is 5.73. The number of esters is 1. The van der Waals surface area contributed by atoms with Gasteiger partial charge in [0.05, 0.1) is 5.41 Å². The van der Waals surface area contributed by atoms with Crippen molar-refractivity contribution in [3.63, 3.8) is 0 Å². The summed E-state index contributed by atoms with van der Waals surface area (Å²) >= 11 is 0. The summed E-state index contributed by atoms with van der Waals surface area (Å²) in [6.07, 6.45) is 6.49. The van der Waals surface area contributed by atoms with Gasteiger partial charge in [-0.1, -0.05) is 13.8 Å². The number of rotatable bonds is 5. The van der Waals surface area contributed by atoms with Crippen molar-refractivity contribution in [2.75, 3.05) is 13.2 Å². The molecule has 0 aromatic carbocycles. The average Bonchev–Trinajstić information content (AvgIpc) is 2.49. The van der Waals surface area contributed by atoms with Crippen LogP contribution in [0.3, 0.4) is 0 Å². The van der Waals surface area contributed by atoms with Gasteiger partial charge in [0.2, 0.25) is 0 Å². The number of amides is 3. The molecule has 0 atom stereocenters. The van der Waals surface area contributed by atoms with Crippen molar-refractivity contribution < 1.29 is 19.1 Å². The Hall–Kier alpha value is -1.59. The van der Waals surface area contributed by atoms with Gasteiger partial charge in [-0.2, -0.15) is 0 Å². The lowest BCUT2D eigenvalue weighted by atomic mass is 9.49. The van der Waals surface area contributed by atoms with E-state index in [2.05, 4.69) is 10.6 Å². The molecule has 0 unspecified atom stereocenters. The van der Waals surface area contributed by atoms with E-state index in [1.165, 1.54) is 19.3 Å². The Morgan fingerprint density at radius 3 is 2.08 bits per heavy atom. The molecule has 4 aliphatic carbocycles. The average molecular weight is 336 g/mol. The standard InChI is InChI=1S/C18H28N2O4/c1-11(2)9-19-17(23)20-15(21)10-24-16(22)18-6-12-3-13(7-18)5-14(4-12)8-18/h11-14H,3-10H2,1-2H3,(H2,19,20,21,23). The number of nitrogens with one attached hydrogen (secondary N) is 2.